The Kier molecular flexibility index (Phi) is 4.06. The van der Waals surface area contributed by atoms with Crippen LogP contribution in [0, 0.1) is 0 Å². The van der Waals surface area contributed by atoms with Gasteiger partial charge in [-0.3, -0.25) is 4.68 Å². The zero-order chi connectivity index (χ0) is 13.8. The summed E-state index contributed by atoms with van der Waals surface area (Å²) < 4.78 is 11.9. The van der Waals surface area contributed by atoms with Crippen molar-refractivity contribution < 1.29 is 14.3 Å². The fraction of sp³-hybridized carbons (Fsp3) is 0.231. The van der Waals surface area contributed by atoms with E-state index in [0.717, 1.165) is 5.69 Å². The van der Waals surface area contributed by atoms with Crippen LogP contribution in [0.3, 0.4) is 0 Å². The van der Waals surface area contributed by atoms with Gasteiger partial charge in [0.15, 0.2) is 0 Å². The number of esters is 1. The second kappa shape index (κ2) is 5.75. The Balaban J connectivity index is 2.06. The Hall–Kier alpha value is -2.01. The van der Waals surface area contributed by atoms with E-state index in [9.17, 15) is 4.79 Å². The number of rotatable bonds is 4. The number of carbonyl (C=O) groups is 1. The number of aryl methyl sites for hydroxylation is 1. The van der Waals surface area contributed by atoms with E-state index in [0.29, 0.717) is 16.3 Å². The molecule has 6 heteroatoms. The molecule has 0 bridgehead atoms. The standard InChI is InChI=1S/C13H13ClN2O3/c1-16-10(5-6-15-16)8-19-13(17)9-3-4-11(14)12(7-9)18-2/h3-7H,8H2,1-2H3. The van der Waals surface area contributed by atoms with Gasteiger partial charge in [0.05, 0.1) is 23.4 Å². The number of aromatic nitrogens is 2. The van der Waals surface area contributed by atoms with Crippen LogP contribution in [0.5, 0.6) is 5.75 Å². The molecule has 0 unspecified atom stereocenters. The maximum Gasteiger partial charge on any atom is 0.338 e. The Morgan fingerprint density at radius 1 is 1.42 bits per heavy atom. The molecular weight excluding hydrogens is 268 g/mol. The van der Waals surface area contributed by atoms with Gasteiger partial charge in [-0.15, -0.1) is 0 Å². The zero-order valence-corrected chi connectivity index (χ0v) is 11.3. The van der Waals surface area contributed by atoms with E-state index in [1.54, 1.807) is 42.2 Å². The van der Waals surface area contributed by atoms with Crippen molar-refractivity contribution in [3.05, 3.63) is 46.7 Å². The van der Waals surface area contributed by atoms with Crippen LogP contribution in [-0.4, -0.2) is 22.9 Å². The summed E-state index contributed by atoms with van der Waals surface area (Å²) in [4.78, 5) is 11.9. The van der Waals surface area contributed by atoms with Gasteiger partial charge in [-0.1, -0.05) is 11.6 Å². The number of nitrogens with zero attached hydrogens (tertiary/aromatic N) is 2. The molecule has 0 N–H and O–H groups in total. The van der Waals surface area contributed by atoms with Crippen LogP contribution in [0.1, 0.15) is 16.1 Å². The molecule has 0 saturated heterocycles. The number of hydrogen-bond donors (Lipinski definition) is 0. The normalized spacial score (nSPS) is 10.3. The molecule has 0 saturated carbocycles. The second-order valence-electron chi connectivity index (χ2n) is 3.87. The Bertz CT molecular complexity index is 595. The average Bonchev–Trinajstić information content (AvgIpc) is 2.82. The lowest BCUT2D eigenvalue weighted by Gasteiger charge is -2.07. The van der Waals surface area contributed by atoms with Crippen molar-refractivity contribution in [2.24, 2.45) is 7.05 Å². The topological polar surface area (TPSA) is 53.4 Å². The molecule has 0 aliphatic heterocycles. The first kappa shape index (κ1) is 13.4. The first-order valence-corrected chi connectivity index (χ1v) is 5.97. The van der Waals surface area contributed by atoms with Crippen LogP contribution >= 0.6 is 11.6 Å². The first-order valence-electron chi connectivity index (χ1n) is 5.59. The first-order chi connectivity index (χ1) is 9.11. The lowest BCUT2D eigenvalue weighted by atomic mass is 10.2. The zero-order valence-electron chi connectivity index (χ0n) is 10.6. The molecule has 0 amide bonds. The van der Waals surface area contributed by atoms with Crippen LogP contribution < -0.4 is 4.74 Å². The van der Waals surface area contributed by atoms with E-state index in [2.05, 4.69) is 5.10 Å². The van der Waals surface area contributed by atoms with Crippen molar-refractivity contribution in [2.75, 3.05) is 7.11 Å². The highest BCUT2D eigenvalue weighted by molar-refractivity contribution is 6.32. The number of ether oxygens (including phenoxy) is 2. The molecular formula is C13H13ClN2O3. The van der Waals surface area contributed by atoms with E-state index >= 15 is 0 Å². The highest BCUT2D eigenvalue weighted by atomic mass is 35.5. The van der Waals surface area contributed by atoms with Gasteiger partial charge in [0, 0.05) is 13.2 Å². The third-order valence-corrected chi connectivity index (χ3v) is 2.97. The molecule has 2 rings (SSSR count). The fourth-order valence-corrected chi connectivity index (χ4v) is 1.75. The van der Waals surface area contributed by atoms with Gasteiger partial charge in [-0.05, 0) is 24.3 Å². The SMILES string of the molecule is COc1cc(C(=O)OCc2ccnn2C)ccc1Cl. The maximum absolute atomic E-state index is 11.9. The minimum atomic E-state index is -0.434. The number of benzene rings is 1. The van der Waals surface area contributed by atoms with Crippen molar-refractivity contribution in [2.45, 2.75) is 6.61 Å². The van der Waals surface area contributed by atoms with Gasteiger partial charge in [0.1, 0.15) is 12.4 Å². The largest absolute Gasteiger partial charge is 0.495 e. The molecule has 0 aliphatic rings. The quantitative estimate of drug-likeness (QED) is 0.807. The van der Waals surface area contributed by atoms with E-state index in [4.69, 9.17) is 21.1 Å². The van der Waals surface area contributed by atoms with Gasteiger partial charge in [0.2, 0.25) is 0 Å². The van der Waals surface area contributed by atoms with Crippen molar-refractivity contribution >= 4 is 17.6 Å². The van der Waals surface area contributed by atoms with Crippen LogP contribution in [0.2, 0.25) is 5.02 Å². The predicted molar refractivity (Wildman–Crippen MR) is 70.3 cm³/mol. The molecule has 1 aromatic heterocycles. The summed E-state index contributed by atoms with van der Waals surface area (Å²) in [5.74, 6) is 0.00724. The number of hydrogen-bond acceptors (Lipinski definition) is 4. The summed E-state index contributed by atoms with van der Waals surface area (Å²) in [7, 11) is 3.28. The molecule has 0 fully saturated rings. The lowest BCUT2D eigenvalue weighted by molar-refractivity contribution is 0.0463. The second-order valence-corrected chi connectivity index (χ2v) is 4.28. The summed E-state index contributed by atoms with van der Waals surface area (Å²) in [6, 6.07) is 6.53. The minimum Gasteiger partial charge on any atom is -0.495 e. The number of methoxy groups -OCH3 is 1. The highest BCUT2D eigenvalue weighted by Gasteiger charge is 2.11. The molecule has 5 nitrogen and oxygen atoms in total. The molecule has 19 heavy (non-hydrogen) atoms. The van der Waals surface area contributed by atoms with E-state index in [-0.39, 0.29) is 6.61 Å². The summed E-state index contributed by atoms with van der Waals surface area (Å²) in [5.41, 5.74) is 1.21. The van der Waals surface area contributed by atoms with Crippen LogP contribution in [0.15, 0.2) is 30.5 Å². The number of carbonyl (C=O) groups excluding carboxylic acids is 1. The van der Waals surface area contributed by atoms with Crippen molar-refractivity contribution in [3.8, 4) is 5.75 Å². The molecule has 0 spiro atoms. The molecule has 100 valence electrons. The Labute approximate surface area is 115 Å². The Morgan fingerprint density at radius 3 is 2.84 bits per heavy atom. The summed E-state index contributed by atoms with van der Waals surface area (Å²) in [5, 5.41) is 4.44. The van der Waals surface area contributed by atoms with Crippen LogP contribution in [0.4, 0.5) is 0 Å². The number of halogens is 1. The van der Waals surface area contributed by atoms with Gasteiger partial charge < -0.3 is 9.47 Å². The molecule has 0 atom stereocenters. The fourth-order valence-electron chi connectivity index (χ4n) is 1.55. The molecule has 1 heterocycles. The highest BCUT2D eigenvalue weighted by Crippen LogP contribution is 2.25. The van der Waals surface area contributed by atoms with E-state index < -0.39 is 5.97 Å². The van der Waals surface area contributed by atoms with Gasteiger partial charge >= 0.3 is 5.97 Å². The van der Waals surface area contributed by atoms with Gasteiger partial charge in [-0.25, -0.2) is 4.79 Å². The van der Waals surface area contributed by atoms with E-state index in [1.165, 1.54) is 7.11 Å². The minimum absolute atomic E-state index is 0.167. The summed E-state index contributed by atoms with van der Waals surface area (Å²) in [6.45, 7) is 0.167. The van der Waals surface area contributed by atoms with Crippen molar-refractivity contribution in [1.82, 2.24) is 9.78 Å². The molecule has 0 aliphatic carbocycles. The smallest absolute Gasteiger partial charge is 0.338 e. The maximum atomic E-state index is 11.9. The predicted octanol–water partition coefficient (Wildman–Crippen LogP) is 2.44. The van der Waals surface area contributed by atoms with E-state index in [1.807, 2.05) is 0 Å². The molecule has 2 aromatic rings. The van der Waals surface area contributed by atoms with Gasteiger partial charge in [-0.2, -0.15) is 5.10 Å². The van der Waals surface area contributed by atoms with Crippen molar-refractivity contribution in [3.63, 3.8) is 0 Å². The summed E-state index contributed by atoms with van der Waals surface area (Å²) in [6.07, 6.45) is 1.65. The Morgan fingerprint density at radius 2 is 2.21 bits per heavy atom. The van der Waals surface area contributed by atoms with Crippen molar-refractivity contribution in [1.29, 1.82) is 0 Å². The molecule has 1 aromatic carbocycles. The summed E-state index contributed by atoms with van der Waals surface area (Å²) >= 11 is 5.89. The molecule has 0 radical (unpaired) electrons. The third-order valence-electron chi connectivity index (χ3n) is 2.66. The van der Waals surface area contributed by atoms with Crippen LogP contribution in [0.25, 0.3) is 0 Å². The lowest BCUT2D eigenvalue weighted by Crippen LogP contribution is -2.08. The van der Waals surface area contributed by atoms with Crippen LogP contribution in [-0.2, 0) is 18.4 Å². The third kappa shape index (κ3) is 3.06. The average molecular weight is 281 g/mol. The monoisotopic (exact) mass is 280 g/mol. The van der Waals surface area contributed by atoms with Gasteiger partial charge in [0.25, 0.3) is 0 Å².